The van der Waals surface area contributed by atoms with Crippen molar-refractivity contribution >= 4 is 22.8 Å². The standard InChI is InChI=1S/2C16H32N4.2ClH.Mn/c2*1-13-11-15(3,4)19-10-8-18-14(2)12-16(5,6)20-9-7-17-13;;;/h2*19-20H,7-12H2,1-6H3;2*1H;/q;;;;+2/p-2/b2*17-13+,18-14+;;;. The maximum absolute atomic E-state index is 4.68. The molecule has 253 valence electrons. The normalized spacial score (nSPS) is 28.4. The number of hydrogen-bond acceptors (Lipinski definition) is 8. The molecule has 0 saturated carbocycles. The monoisotopic (exact) mass is 685 g/mol. The minimum absolute atomic E-state index is 0. The average molecular weight is 687 g/mol. The summed E-state index contributed by atoms with van der Waals surface area (Å²) in [5.74, 6) is 0. The van der Waals surface area contributed by atoms with Crippen molar-refractivity contribution in [3.05, 3.63) is 0 Å². The van der Waals surface area contributed by atoms with Crippen LogP contribution in [0.25, 0.3) is 0 Å². The molecule has 2 aliphatic rings. The van der Waals surface area contributed by atoms with Gasteiger partial charge in [-0.05, 0) is 83.1 Å². The summed E-state index contributed by atoms with van der Waals surface area (Å²) in [6.07, 6.45) is 3.94. The van der Waals surface area contributed by atoms with Crippen LogP contribution in [0.1, 0.15) is 109 Å². The van der Waals surface area contributed by atoms with Gasteiger partial charge in [-0.15, -0.1) is 0 Å². The summed E-state index contributed by atoms with van der Waals surface area (Å²) < 4.78 is 0. The van der Waals surface area contributed by atoms with E-state index in [1.54, 1.807) is 0 Å². The van der Waals surface area contributed by atoms with Crippen molar-refractivity contribution in [3.63, 3.8) is 0 Å². The van der Waals surface area contributed by atoms with E-state index in [1.165, 1.54) is 22.8 Å². The van der Waals surface area contributed by atoms with Crippen LogP contribution in [0.4, 0.5) is 0 Å². The van der Waals surface area contributed by atoms with E-state index in [1.807, 2.05) is 0 Å². The Balaban J connectivity index is -0.000000696. The van der Waals surface area contributed by atoms with Crippen LogP contribution in [0.15, 0.2) is 20.0 Å². The van der Waals surface area contributed by atoms with Crippen molar-refractivity contribution in [1.29, 1.82) is 0 Å². The van der Waals surface area contributed by atoms with Crippen LogP contribution in [0.5, 0.6) is 0 Å². The minimum atomic E-state index is 0. The first-order chi connectivity index (χ1) is 18.4. The van der Waals surface area contributed by atoms with Crippen LogP contribution in [-0.4, -0.2) is 97.4 Å². The fourth-order valence-corrected chi connectivity index (χ4v) is 5.60. The predicted octanol–water partition coefficient (Wildman–Crippen LogP) is -1.12. The van der Waals surface area contributed by atoms with Crippen LogP contribution in [0.2, 0.25) is 0 Å². The molecule has 0 atom stereocenters. The third-order valence-corrected chi connectivity index (χ3v) is 7.18. The Kier molecular flexibility index (Phi) is 24.3. The Morgan fingerprint density at radius 2 is 0.558 bits per heavy atom. The fourth-order valence-electron chi connectivity index (χ4n) is 5.60. The van der Waals surface area contributed by atoms with Gasteiger partial charge in [-0.2, -0.15) is 0 Å². The van der Waals surface area contributed by atoms with Crippen LogP contribution >= 0.6 is 0 Å². The van der Waals surface area contributed by atoms with Crippen LogP contribution in [0.3, 0.4) is 0 Å². The molecular formula is C32H64Cl2MnN8. The molecular weight excluding hydrogens is 622 g/mol. The molecule has 4 N–H and O–H groups in total. The summed E-state index contributed by atoms with van der Waals surface area (Å²) >= 11 is 0. The number of hydrogen-bond donors (Lipinski definition) is 4. The van der Waals surface area contributed by atoms with E-state index in [0.29, 0.717) is 0 Å². The molecule has 2 rings (SSSR count). The smallest absolute Gasteiger partial charge is 1.00 e. The zero-order valence-corrected chi connectivity index (χ0v) is 32.1. The average Bonchev–Trinajstić information content (AvgIpc) is 2.78. The third kappa shape index (κ3) is 24.5. The number of aliphatic imine (C=N–C) groups is 4. The van der Waals surface area contributed by atoms with Crippen LogP contribution < -0.4 is 46.1 Å². The quantitative estimate of drug-likeness (QED) is 0.243. The number of rotatable bonds is 0. The molecule has 43 heavy (non-hydrogen) atoms. The van der Waals surface area contributed by atoms with E-state index in [9.17, 15) is 0 Å². The summed E-state index contributed by atoms with van der Waals surface area (Å²) in [5, 5.41) is 14.3. The van der Waals surface area contributed by atoms with Gasteiger partial charge in [-0.25, -0.2) is 0 Å². The molecule has 11 heteroatoms. The van der Waals surface area contributed by atoms with Gasteiger partial charge in [0, 0.05) is 96.9 Å². The summed E-state index contributed by atoms with van der Waals surface area (Å²) in [7, 11) is 0. The van der Waals surface area contributed by atoms with Crippen molar-refractivity contribution in [1.82, 2.24) is 21.3 Å². The molecule has 0 bridgehead atoms. The zero-order valence-electron chi connectivity index (χ0n) is 29.4. The molecule has 0 fully saturated rings. The largest absolute Gasteiger partial charge is 2.00 e. The molecule has 2 heterocycles. The molecule has 0 unspecified atom stereocenters. The van der Waals surface area contributed by atoms with E-state index in [-0.39, 0.29) is 64.0 Å². The minimum Gasteiger partial charge on any atom is -1.00 e. The van der Waals surface area contributed by atoms with Crippen molar-refractivity contribution in [3.8, 4) is 0 Å². The first-order valence-corrected chi connectivity index (χ1v) is 15.4. The van der Waals surface area contributed by atoms with Gasteiger partial charge in [0.15, 0.2) is 0 Å². The van der Waals surface area contributed by atoms with E-state index in [0.717, 1.165) is 78.0 Å². The van der Waals surface area contributed by atoms with Crippen LogP contribution in [0, 0.1) is 0 Å². The van der Waals surface area contributed by atoms with Gasteiger partial charge in [0.05, 0.1) is 26.2 Å². The van der Waals surface area contributed by atoms with Gasteiger partial charge in [0.1, 0.15) is 0 Å². The Bertz CT molecular complexity index is 752. The van der Waals surface area contributed by atoms with Gasteiger partial charge >= 0.3 is 17.1 Å². The summed E-state index contributed by atoms with van der Waals surface area (Å²) in [5.41, 5.74) is 5.25. The number of nitrogens with zero attached hydrogens (tertiary/aromatic N) is 4. The molecule has 0 aliphatic carbocycles. The first-order valence-electron chi connectivity index (χ1n) is 15.4. The molecule has 0 aromatic carbocycles. The summed E-state index contributed by atoms with van der Waals surface area (Å²) in [6.45, 7) is 33.4. The van der Waals surface area contributed by atoms with Gasteiger partial charge in [-0.1, -0.05) is 0 Å². The molecule has 0 aromatic rings. The van der Waals surface area contributed by atoms with Gasteiger partial charge in [-0.3, -0.25) is 20.0 Å². The molecule has 8 nitrogen and oxygen atoms in total. The summed E-state index contributed by atoms with van der Waals surface area (Å²) in [6, 6.07) is 0. The van der Waals surface area contributed by atoms with Gasteiger partial charge in [0.2, 0.25) is 0 Å². The molecule has 0 amide bonds. The maximum Gasteiger partial charge on any atom is 2.00 e. The SMILES string of the molecule is C/C1=N\CCNC(C)(C)C/C(C)=N/CCNC(C)(C)C1.C/C1=N\CCNC(C)(C)C/C(C)=N/CCNC(C)(C)C1.[Cl-].[Cl-].[Mn+2]. The number of nitrogens with one attached hydrogen (secondary N) is 4. The second-order valence-corrected chi connectivity index (χ2v) is 14.4. The zero-order chi connectivity index (χ0) is 30.5. The molecule has 1 radical (unpaired) electrons. The third-order valence-electron chi connectivity index (χ3n) is 7.18. The second-order valence-electron chi connectivity index (χ2n) is 14.4. The molecule has 0 aromatic heterocycles. The summed E-state index contributed by atoms with van der Waals surface area (Å²) in [4.78, 5) is 18.7. The Morgan fingerprint density at radius 1 is 0.395 bits per heavy atom. The van der Waals surface area contributed by atoms with Crippen molar-refractivity contribution in [2.75, 3.05) is 52.4 Å². The molecule has 0 spiro atoms. The Morgan fingerprint density at radius 3 is 0.721 bits per heavy atom. The fraction of sp³-hybridized carbons (Fsp3) is 0.875. The Hall–Kier alpha value is -0.381. The number of halogens is 2. The van der Waals surface area contributed by atoms with Crippen LogP contribution in [-0.2, 0) is 17.1 Å². The van der Waals surface area contributed by atoms with E-state index in [2.05, 4.69) is 124 Å². The van der Waals surface area contributed by atoms with Crippen molar-refractivity contribution < 1.29 is 41.9 Å². The van der Waals surface area contributed by atoms with Crippen molar-refractivity contribution in [2.24, 2.45) is 20.0 Å². The predicted molar refractivity (Wildman–Crippen MR) is 179 cm³/mol. The van der Waals surface area contributed by atoms with Crippen molar-refractivity contribution in [2.45, 2.75) is 131 Å². The van der Waals surface area contributed by atoms with Gasteiger partial charge in [0.25, 0.3) is 0 Å². The maximum atomic E-state index is 4.68. The van der Waals surface area contributed by atoms with Gasteiger partial charge < -0.3 is 46.1 Å². The first kappa shape index (κ1) is 47.0. The molecule has 2 aliphatic heterocycles. The topological polar surface area (TPSA) is 97.6 Å². The Labute approximate surface area is 288 Å². The van der Waals surface area contributed by atoms with E-state index >= 15 is 0 Å². The van der Waals surface area contributed by atoms with E-state index < -0.39 is 0 Å². The second kappa shape index (κ2) is 22.2. The molecule has 0 saturated heterocycles. The van der Waals surface area contributed by atoms with E-state index in [4.69, 9.17) is 0 Å².